The highest BCUT2D eigenvalue weighted by Crippen LogP contribution is 2.23. The molecule has 1 aromatic carbocycles. The van der Waals surface area contributed by atoms with Crippen LogP contribution in [0.2, 0.25) is 0 Å². The van der Waals surface area contributed by atoms with Crippen molar-refractivity contribution in [2.75, 3.05) is 38.2 Å². The lowest BCUT2D eigenvalue weighted by Gasteiger charge is -2.34. The van der Waals surface area contributed by atoms with E-state index in [1.54, 1.807) is 54.3 Å². The monoisotopic (exact) mass is 440 g/mol. The summed E-state index contributed by atoms with van der Waals surface area (Å²) >= 11 is 0. The van der Waals surface area contributed by atoms with E-state index >= 15 is 0 Å². The number of benzene rings is 1. The molecule has 1 fully saturated rings. The minimum absolute atomic E-state index is 0.258. The van der Waals surface area contributed by atoms with Crippen LogP contribution in [-0.2, 0) is 10.0 Å². The molecule has 10 nitrogen and oxygen atoms in total. The molecule has 0 saturated carbocycles. The molecule has 5 rings (SSSR count). The number of fused-ring (bicyclic) bond motifs is 1. The van der Waals surface area contributed by atoms with Crippen molar-refractivity contribution in [3.8, 4) is 17.3 Å². The molecule has 4 heterocycles. The Morgan fingerprint density at radius 1 is 0.968 bits per heavy atom. The number of hydrogen-bond acceptors (Lipinski definition) is 8. The van der Waals surface area contributed by atoms with Gasteiger partial charge in [-0.2, -0.15) is 8.82 Å². The third-order valence-electron chi connectivity index (χ3n) is 5.25. The summed E-state index contributed by atoms with van der Waals surface area (Å²) in [4.78, 5) is 2.31. The van der Waals surface area contributed by atoms with Crippen LogP contribution in [0.5, 0.6) is 5.75 Å². The molecular weight excluding hydrogens is 420 g/mol. The van der Waals surface area contributed by atoms with Crippen molar-refractivity contribution in [2.45, 2.75) is 4.90 Å². The van der Waals surface area contributed by atoms with Crippen LogP contribution in [-0.4, -0.2) is 65.8 Å². The topological polar surface area (TPSA) is 106 Å². The lowest BCUT2D eigenvalue weighted by molar-refractivity contribution is 0.383. The van der Waals surface area contributed by atoms with E-state index in [2.05, 4.69) is 15.3 Å². The van der Waals surface area contributed by atoms with Crippen molar-refractivity contribution >= 4 is 21.5 Å². The smallest absolute Gasteiger partial charge is 0.243 e. The van der Waals surface area contributed by atoms with Crippen molar-refractivity contribution in [1.82, 2.24) is 24.1 Å². The molecule has 3 aromatic heterocycles. The first-order valence-corrected chi connectivity index (χ1v) is 11.2. The lowest BCUT2D eigenvalue weighted by atomic mass is 10.3. The average Bonchev–Trinajstić information content (AvgIpc) is 3.48. The summed E-state index contributed by atoms with van der Waals surface area (Å²) in [7, 11) is -2.01. The number of methoxy groups -OCH3 is 1. The Bertz CT molecular complexity index is 1290. The van der Waals surface area contributed by atoms with E-state index in [0.717, 1.165) is 5.82 Å². The molecule has 0 atom stereocenters. The molecule has 0 bridgehead atoms. The number of aromatic nitrogens is 4. The van der Waals surface area contributed by atoms with Gasteiger partial charge in [0.25, 0.3) is 0 Å². The highest BCUT2D eigenvalue weighted by Gasteiger charge is 2.29. The first kappa shape index (κ1) is 19.5. The molecule has 1 aliphatic rings. The van der Waals surface area contributed by atoms with Crippen molar-refractivity contribution < 1.29 is 17.6 Å². The quantitative estimate of drug-likeness (QED) is 0.463. The Balaban J connectivity index is 1.34. The molecule has 31 heavy (non-hydrogen) atoms. The average molecular weight is 440 g/mol. The number of rotatable bonds is 5. The van der Waals surface area contributed by atoms with Gasteiger partial charge in [0, 0.05) is 26.2 Å². The Morgan fingerprint density at radius 2 is 1.74 bits per heavy atom. The number of nitrogens with zero attached hydrogens (tertiary/aromatic N) is 6. The molecule has 11 heteroatoms. The predicted octanol–water partition coefficient (Wildman–Crippen LogP) is 1.90. The van der Waals surface area contributed by atoms with Crippen molar-refractivity contribution in [2.24, 2.45) is 0 Å². The van der Waals surface area contributed by atoms with Gasteiger partial charge in [-0.25, -0.2) is 8.42 Å². The van der Waals surface area contributed by atoms with E-state index in [1.807, 2.05) is 17.0 Å². The molecule has 0 spiro atoms. The van der Waals surface area contributed by atoms with Crippen LogP contribution in [0.3, 0.4) is 0 Å². The maximum Gasteiger partial charge on any atom is 0.243 e. The fourth-order valence-corrected chi connectivity index (χ4v) is 4.98. The summed E-state index contributed by atoms with van der Waals surface area (Å²) in [5, 5.41) is 12.9. The van der Waals surface area contributed by atoms with Gasteiger partial charge >= 0.3 is 0 Å². The van der Waals surface area contributed by atoms with E-state index in [4.69, 9.17) is 9.15 Å². The van der Waals surface area contributed by atoms with Gasteiger partial charge in [0.2, 0.25) is 15.8 Å². The normalized spacial score (nSPS) is 15.5. The Labute approximate surface area is 178 Å². The molecule has 0 N–H and O–H groups in total. The largest absolute Gasteiger partial charge is 0.497 e. The second-order valence-corrected chi connectivity index (χ2v) is 8.97. The molecule has 160 valence electrons. The third-order valence-corrected chi connectivity index (χ3v) is 7.16. The van der Waals surface area contributed by atoms with Gasteiger partial charge < -0.3 is 14.1 Å². The molecular formula is C20H20N6O4S. The number of ether oxygens (including phenoxy) is 1. The van der Waals surface area contributed by atoms with E-state index in [0.29, 0.717) is 49.2 Å². The zero-order valence-corrected chi connectivity index (χ0v) is 17.6. The molecule has 1 saturated heterocycles. The summed E-state index contributed by atoms with van der Waals surface area (Å²) in [6, 6.07) is 13.7. The van der Waals surface area contributed by atoms with Crippen LogP contribution in [0, 0.1) is 0 Å². The Kier molecular flexibility index (Phi) is 4.83. The molecule has 0 aliphatic carbocycles. The predicted molar refractivity (Wildman–Crippen MR) is 112 cm³/mol. The highest BCUT2D eigenvalue weighted by atomic mass is 32.2. The first-order valence-electron chi connectivity index (χ1n) is 9.72. The maximum atomic E-state index is 13.0. The fourth-order valence-electron chi connectivity index (χ4n) is 3.56. The van der Waals surface area contributed by atoms with Gasteiger partial charge in [0.15, 0.2) is 11.4 Å². The van der Waals surface area contributed by atoms with E-state index < -0.39 is 10.0 Å². The zero-order chi connectivity index (χ0) is 21.4. The van der Waals surface area contributed by atoms with Crippen molar-refractivity contribution in [3.63, 3.8) is 0 Å². The van der Waals surface area contributed by atoms with Gasteiger partial charge in [-0.1, -0.05) is 0 Å². The zero-order valence-electron chi connectivity index (χ0n) is 16.7. The van der Waals surface area contributed by atoms with Crippen LogP contribution in [0.15, 0.2) is 64.1 Å². The number of sulfonamides is 1. The van der Waals surface area contributed by atoms with E-state index in [1.165, 1.54) is 4.31 Å². The summed E-state index contributed by atoms with van der Waals surface area (Å²) in [5.74, 6) is 2.44. The Morgan fingerprint density at radius 3 is 2.42 bits per heavy atom. The minimum Gasteiger partial charge on any atom is -0.497 e. The standard InChI is InChI=1S/C20H20N6O4S/c1-29-15-4-6-16(7-5-15)31(27,28)25-12-10-24(11-13-25)19-9-8-18-21-22-20(26(18)23-19)17-3-2-14-30-17/h2-9,14H,10-13H2,1H3. The second-order valence-electron chi connectivity index (χ2n) is 7.03. The maximum absolute atomic E-state index is 13.0. The number of hydrogen-bond donors (Lipinski definition) is 0. The van der Waals surface area contributed by atoms with Gasteiger partial charge in [-0.3, -0.25) is 0 Å². The van der Waals surface area contributed by atoms with Crippen molar-refractivity contribution in [1.29, 1.82) is 0 Å². The third kappa shape index (κ3) is 3.51. The molecule has 0 amide bonds. The van der Waals surface area contributed by atoms with Crippen LogP contribution in [0.1, 0.15) is 0 Å². The first-order chi connectivity index (χ1) is 15.1. The summed E-state index contributed by atoms with van der Waals surface area (Å²) in [6.07, 6.45) is 1.57. The number of piperazine rings is 1. The van der Waals surface area contributed by atoms with Crippen LogP contribution >= 0.6 is 0 Å². The highest BCUT2D eigenvalue weighted by molar-refractivity contribution is 7.89. The summed E-state index contributed by atoms with van der Waals surface area (Å²) in [5.41, 5.74) is 0.607. The van der Waals surface area contributed by atoms with Crippen LogP contribution in [0.4, 0.5) is 5.82 Å². The SMILES string of the molecule is COc1ccc(S(=O)(=O)N2CCN(c3ccc4nnc(-c5ccco5)n4n3)CC2)cc1. The van der Waals surface area contributed by atoms with Gasteiger partial charge in [0.1, 0.15) is 11.6 Å². The lowest BCUT2D eigenvalue weighted by Crippen LogP contribution is -2.49. The van der Waals surface area contributed by atoms with Crippen LogP contribution < -0.4 is 9.64 Å². The van der Waals surface area contributed by atoms with Crippen LogP contribution in [0.25, 0.3) is 17.2 Å². The second kappa shape index (κ2) is 7.67. The van der Waals surface area contributed by atoms with Gasteiger partial charge in [-0.05, 0) is 48.5 Å². The fraction of sp³-hybridized carbons (Fsp3) is 0.250. The molecule has 1 aliphatic heterocycles. The number of furan rings is 1. The molecule has 0 radical (unpaired) electrons. The van der Waals surface area contributed by atoms with Gasteiger partial charge in [-0.15, -0.1) is 15.3 Å². The minimum atomic E-state index is -3.56. The van der Waals surface area contributed by atoms with Gasteiger partial charge in [0.05, 0.1) is 18.3 Å². The number of anilines is 1. The molecule has 4 aromatic rings. The van der Waals surface area contributed by atoms with E-state index in [-0.39, 0.29) is 4.90 Å². The van der Waals surface area contributed by atoms with Crippen molar-refractivity contribution in [3.05, 3.63) is 54.8 Å². The Hall–Kier alpha value is -3.44. The summed E-state index contributed by atoms with van der Waals surface area (Å²) in [6.45, 7) is 1.76. The molecule has 0 unspecified atom stereocenters. The van der Waals surface area contributed by atoms with E-state index in [9.17, 15) is 8.42 Å². The summed E-state index contributed by atoms with van der Waals surface area (Å²) < 4.78 is 39.6.